The van der Waals surface area contributed by atoms with Gasteiger partial charge in [0.2, 0.25) is 5.90 Å². The highest BCUT2D eigenvalue weighted by molar-refractivity contribution is 7.80. The van der Waals surface area contributed by atoms with Crippen LogP contribution in [0.2, 0.25) is 0 Å². The first-order valence-electron chi connectivity index (χ1n) is 7.94. The lowest BCUT2D eigenvalue weighted by Gasteiger charge is -2.28. The van der Waals surface area contributed by atoms with Gasteiger partial charge in [-0.15, -0.1) is 0 Å². The minimum Gasteiger partial charge on any atom is -0.494 e. The summed E-state index contributed by atoms with van der Waals surface area (Å²) in [6.45, 7) is 2.60. The summed E-state index contributed by atoms with van der Waals surface area (Å²) >= 11 is 5.50. The van der Waals surface area contributed by atoms with Gasteiger partial charge in [0.05, 0.1) is 12.5 Å². The third-order valence-corrected chi connectivity index (χ3v) is 4.44. The second kappa shape index (κ2) is 6.17. The summed E-state index contributed by atoms with van der Waals surface area (Å²) < 4.78 is 11.4. The summed E-state index contributed by atoms with van der Waals surface area (Å²) in [5.41, 5.74) is 2.04. The zero-order valence-electron chi connectivity index (χ0n) is 13.2. The van der Waals surface area contributed by atoms with Crippen LogP contribution in [0.3, 0.4) is 0 Å². The average Bonchev–Trinajstić information content (AvgIpc) is 2.61. The molecule has 0 fully saturated rings. The fraction of sp³-hybridized carbons (Fsp3) is 0.211. The van der Waals surface area contributed by atoms with Crippen LogP contribution in [0.4, 0.5) is 0 Å². The Morgan fingerprint density at radius 1 is 1.12 bits per heavy atom. The SMILES string of the molecule is CCOc1ccc(C2=NC(=S)C3Cc4ccccc4OC3=N2)cc1. The van der Waals surface area contributed by atoms with Gasteiger partial charge in [-0.05, 0) is 49.2 Å². The zero-order valence-corrected chi connectivity index (χ0v) is 14.0. The summed E-state index contributed by atoms with van der Waals surface area (Å²) in [7, 11) is 0. The van der Waals surface area contributed by atoms with E-state index in [0.717, 1.165) is 29.0 Å². The van der Waals surface area contributed by atoms with Crippen LogP contribution in [0.1, 0.15) is 18.1 Å². The lowest BCUT2D eigenvalue weighted by molar-refractivity contribution is 0.340. The molecule has 0 spiro atoms. The number of nitrogens with zero attached hydrogens (tertiary/aromatic N) is 2. The third kappa shape index (κ3) is 2.71. The van der Waals surface area contributed by atoms with Crippen LogP contribution in [0.25, 0.3) is 0 Å². The number of fused-ring (bicyclic) bond motifs is 2. The molecule has 2 aromatic carbocycles. The second-order valence-corrected chi connectivity index (χ2v) is 6.07. The molecule has 0 bridgehead atoms. The van der Waals surface area contributed by atoms with Crippen LogP contribution in [0, 0.1) is 5.92 Å². The molecule has 120 valence electrons. The minimum atomic E-state index is -0.0543. The molecule has 0 aromatic heterocycles. The van der Waals surface area contributed by atoms with Gasteiger partial charge in [-0.2, -0.15) is 4.99 Å². The van der Waals surface area contributed by atoms with Crippen LogP contribution in [0.5, 0.6) is 11.5 Å². The lowest BCUT2D eigenvalue weighted by Crippen LogP contribution is -2.36. The van der Waals surface area contributed by atoms with Crippen molar-refractivity contribution in [3.8, 4) is 11.5 Å². The molecule has 0 saturated carbocycles. The van der Waals surface area contributed by atoms with E-state index in [4.69, 9.17) is 21.7 Å². The van der Waals surface area contributed by atoms with E-state index in [2.05, 4.69) is 16.1 Å². The monoisotopic (exact) mass is 336 g/mol. The van der Waals surface area contributed by atoms with E-state index in [-0.39, 0.29) is 5.92 Å². The predicted octanol–water partition coefficient (Wildman–Crippen LogP) is 3.82. The Morgan fingerprint density at radius 2 is 1.92 bits per heavy atom. The largest absolute Gasteiger partial charge is 0.494 e. The van der Waals surface area contributed by atoms with Gasteiger partial charge >= 0.3 is 0 Å². The van der Waals surface area contributed by atoms with Crippen molar-refractivity contribution < 1.29 is 9.47 Å². The molecule has 2 aromatic rings. The van der Waals surface area contributed by atoms with Crippen LogP contribution in [0.15, 0.2) is 58.5 Å². The van der Waals surface area contributed by atoms with Gasteiger partial charge in [0.25, 0.3) is 0 Å². The Balaban J connectivity index is 1.65. The highest BCUT2D eigenvalue weighted by Gasteiger charge is 2.33. The standard InChI is InChI=1S/C19H16N2O2S/c1-2-22-14-9-7-12(8-10-14)17-20-18-15(19(24)21-17)11-13-5-3-4-6-16(13)23-18/h3-10,15H,2,11H2,1H3. The topological polar surface area (TPSA) is 43.2 Å². The van der Waals surface area contributed by atoms with Crippen molar-refractivity contribution >= 4 is 28.9 Å². The van der Waals surface area contributed by atoms with Gasteiger partial charge in [-0.25, -0.2) is 4.99 Å². The second-order valence-electron chi connectivity index (χ2n) is 5.65. The van der Waals surface area contributed by atoms with Gasteiger partial charge in [0.15, 0.2) is 5.84 Å². The first-order chi connectivity index (χ1) is 11.7. The van der Waals surface area contributed by atoms with Crippen molar-refractivity contribution in [3.63, 3.8) is 0 Å². The number of para-hydroxylation sites is 1. The molecule has 4 rings (SSSR count). The van der Waals surface area contributed by atoms with E-state index in [9.17, 15) is 0 Å². The maximum absolute atomic E-state index is 5.98. The van der Waals surface area contributed by atoms with Crippen molar-refractivity contribution in [2.24, 2.45) is 15.9 Å². The van der Waals surface area contributed by atoms with Gasteiger partial charge < -0.3 is 9.47 Å². The summed E-state index contributed by atoms with van der Waals surface area (Å²) in [5.74, 6) is 2.85. The van der Waals surface area contributed by atoms with Crippen molar-refractivity contribution in [1.82, 2.24) is 0 Å². The highest BCUT2D eigenvalue weighted by atomic mass is 32.1. The molecule has 2 heterocycles. The Labute approximate surface area is 145 Å². The van der Waals surface area contributed by atoms with E-state index in [1.165, 1.54) is 0 Å². The van der Waals surface area contributed by atoms with Crippen molar-refractivity contribution in [1.29, 1.82) is 0 Å². The van der Waals surface area contributed by atoms with Gasteiger partial charge in [0.1, 0.15) is 16.5 Å². The normalized spacial score (nSPS) is 18.7. The molecule has 2 aliphatic rings. The number of ether oxygens (including phenoxy) is 2. The summed E-state index contributed by atoms with van der Waals surface area (Å²) in [6.07, 6.45) is 0.786. The van der Waals surface area contributed by atoms with E-state index in [1.54, 1.807) is 0 Å². The molecule has 1 atom stereocenters. The maximum Gasteiger partial charge on any atom is 0.207 e. The minimum absolute atomic E-state index is 0.0543. The summed E-state index contributed by atoms with van der Waals surface area (Å²) in [6, 6.07) is 15.7. The molecular weight excluding hydrogens is 320 g/mol. The molecule has 0 radical (unpaired) electrons. The third-order valence-electron chi connectivity index (χ3n) is 4.06. The Kier molecular flexibility index (Phi) is 3.86. The van der Waals surface area contributed by atoms with Gasteiger partial charge in [0, 0.05) is 5.56 Å². The van der Waals surface area contributed by atoms with Crippen LogP contribution >= 0.6 is 12.2 Å². The maximum atomic E-state index is 5.98. The molecule has 0 N–H and O–H groups in total. The van der Waals surface area contributed by atoms with Crippen molar-refractivity contribution in [2.45, 2.75) is 13.3 Å². The Bertz CT molecular complexity index is 856. The summed E-state index contributed by atoms with van der Waals surface area (Å²) in [5, 5.41) is 0. The molecule has 4 nitrogen and oxygen atoms in total. The van der Waals surface area contributed by atoms with E-state index in [0.29, 0.717) is 23.3 Å². The van der Waals surface area contributed by atoms with Crippen molar-refractivity contribution in [3.05, 3.63) is 59.7 Å². The van der Waals surface area contributed by atoms with E-state index in [1.807, 2.05) is 49.4 Å². The van der Waals surface area contributed by atoms with Gasteiger partial charge in [-0.1, -0.05) is 30.4 Å². The van der Waals surface area contributed by atoms with Gasteiger partial charge in [-0.3, -0.25) is 0 Å². The van der Waals surface area contributed by atoms with Crippen LogP contribution in [-0.4, -0.2) is 23.3 Å². The number of thiocarbonyl (C=S) groups is 1. The highest BCUT2D eigenvalue weighted by Crippen LogP contribution is 2.31. The number of aliphatic imine (C=N–C) groups is 2. The quantitative estimate of drug-likeness (QED) is 0.800. The Hall–Kier alpha value is -2.53. The number of hydrogen-bond acceptors (Lipinski definition) is 4. The molecule has 2 aliphatic heterocycles. The molecule has 0 aliphatic carbocycles. The first-order valence-corrected chi connectivity index (χ1v) is 8.35. The number of benzene rings is 2. The molecule has 24 heavy (non-hydrogen) atoms. The molecule has 5 heteroatoms. The zero-order chi connectivity index (χ0) is 16.5. The van der Waals surface area contributed by atoms with Crippen LogP contribution in [-0.2, 0) is 6.42 Å². The van der Waals surface area contributed by atoms with Crippen LogP contribution < -0.4 is 9.47 Å². The average molecular weight is 336 g/mol. The fourth-order valence-corrected chi connectivity index (χ4v) is 3.14. The summed E-state index contributed by atoms with van der Waals surface area (Å²) in [4.78, 5) is 9.76. The Morgan fingerprint density at radius 3 is 2.71 bits per heavy atom. The lowest BCUT2D eigenvalue weighted by atomic mass is 9.94. The number of hydrogen-bond donors (Lipinski definition) is 0. The molecule has 0 saturated heterocycles. The van der Waals surface area contributed by atoms with E-state index >= 15 is 0 Å². The fourth-order valence-electron chi connectivity index (χ4n) is 2.86. The predicted molar refractivity (Wildman–Crippen MR) is 98.4 cm³/mol. The number of amidine groups is 1. The number of rotatable bonds is 3. The molecule has 0 amide bonds. The van der Waals surface area contributed by atoms with Crippen molar-refractivity contribution in [2.75, 3.05) is 6.61 Å². The smallest absolute Gasteiger partial charge is 0.207 e. The first kappa shape index (κ1) is 15.0. The molecule has 1 unspecified atom stereocenters. The van der Waals surface area contributed by atoms with E-state index < -0.39 is 0 Å². The molecular formula is C19H16N2O2S.